The molecule has 20 heavy (non-hydrogen) atoms. The first-order valence-corrected chi connectivity index (χ1v) is 6.87. The van der Waals surface area contributed by atoms with Crippen LogP contribution in [-0.2, 0) is 11.3 Å². The number of likely N-dealkylation sites (tertiary alicyclic amines) is 1. The van der Waals surface area contributed by atoms with Crippen LogP contribution in [0.3, 0.4) is 0 Å². The van der Waals surface area contributed by atoms with Gasteiger partial charge in [-0.2, -0.15) is 0 Å². The Morgan fingerprint density at radius 1 is 1.55 bits per heavy atom. The number of ether oxygens (including phenoxy) is 1. The molecule has 1 N–H and O–H groups in total. The van der Waals surface area contributed by atoms with E-state index >= 15 is 0 Å². The van der Waals surface area contributed by atoms with Gasteiger partial charge in [0, 0.05) is 31.3 Å². The van der Waals surface area contributed by atoms with Gasteiger partial charge in [-0.3, -0.25) is 4.79 Å². The zero-order valence-electron chi connectivity index (χ0n) is 12.0. The summed E-state index contributed by atoms with van der Waals surface area (Å²) in [5.41, 5.74) is 0.952. The van der Waals surface area contributed by atoms with Gasteiger partial charge in [0.05, 0.1) is 6.61 Å². The lowest BCUT2D eigenvalue weighted by molar-refractivity contribution is 0.0786. The first-order chi connectivity index (χ1) is 9.65. The van der Waals surface area contributed by atoms with Crippen LogP contribution < -0.4 is 5.32 Å². The molecule has 1 aliphatic heterocycles. The normalized spacial score (nSPS) is 18.6. The third-order valence-electron chi connectivity index (χ3n) is 3.66. The number of carbonyl (C=O) groups is 1. The maximum absolute atomic E-state index is 13.5. The maximum atomic E-state index is 13.5. The molecule has 1 fully saturated rings. The second-order valence-corrected chi connectivity index (χ2v) is 5.20. The molecule has 1 heterocycles. The Bertz CT molecular complexity index is 479. The van der Waals surface area contributed by atoms with E-state index in [1.807, 2.05) is 11.9 Å². The average Bonchev–Trinajstić information content (AvgIpc) is 2.90. The predicted molar refractivity (Wildman–Crippen MR) is 75.1 cm³/mol. The Morgan fingerprint density at radius 3 is 3.05 bits per heavy atom. The molecule has 0 aromatic heterocycles. The molecule has 1 aliphatic rings. The average molecular weight is 280 g/mol. The fourth-order valence-corrected chi connectivity index (χ4v) is 2.63. The molecular weight excluding hydrogens is 259 g/mol. The Kier molecular flexibility index (Phi) is 5.09. The highest BCUT2D eigenvalue weighted by molar-refractivity contribution is 5.94. The van der Waals surface area contributed by atoms with Crippen molar-refractivity contribution in [3.8, 4) is 0 Å². The van der Waals surface area contributed by atoms with Crippen molar-refractivity contribution in [3.05, 3.63) is 35.1 Å². The SMILES string of the molecule is CNC[C@@H]1CCN(C(=O)c2ccc(F)c(COC)c2)C1. The van der Waals surface area contributed by atoms with Gasteiger partial charge >= 0.3 is 0 Å². The van der Waals surface area contributed by atoms with Crippen LogP contribution in [0, 0.1) is 11.7 Å². The summed E-state index contributed by atoms with van der Waals surface area (Å²) >= 11 is 0. The van der Waals surface area contributed by atoms with Gasteiger partial charge in [-0.1, -0.05) is 0 Å². The fraction of sp³-hybridized carbons (Fsp3) is 0.533. The molecule has 0 unspecified atom stereocenters. The van der Waals surface area contributed by atoms with E-state index < -0.39 is 0 Å². The smallest absolute Gasteiger partial charge is 0.253 e. The van der Waals surface area contributed by atoms with Gasteiger partial charge in [0.25, 0.3) is 5.91 Å². The second kappa shape index (κ2) is 6.81. The summed E-state index contributed by atoms with van der Waals surface area (Å²) in [5.74, 6) is 0.140. The second-order valence-electron chi connectivity index (χ2n) is 5.20. The molecule has 0 spiro atoms. The minimum absolute atomic E-state index is 0.0269. The first-order valence-electron chi connectivity index (χ1n) is 6.87. The van der Waals surface area contributed by atoms with Crippen molar-refractivity contribution in [2.75, 3.05) is 33.8 Å². The summed E-state index contributed by atoms with van der Waals surface area (Å²) in [7, 11) is 3.43. The van der Waals surface area contributed by atoms with Crippen molar-refractivity contribution in [2.45, 2.75) is 13.0 Å². The number of carbonyl (C=O) groups excluding carboxylic acids is 1. The van der Waals surface area contributed by atoms with Gasteiger partial charge in [0.1, 0.15) is 5.82 Å². The summed E-state index contributed by atoms with van der Waals surface area (Å²) in [4.78, 5) is 14.2. The van der Waals surface area contributed by atoms with Crippen molar-refractivity contribution in [2.24, 2.45) is 5.92 Å². The van der Waals surface area contributed by atoms with Gasteiger partial charge in [-0.15, -0.1) is 0 Å². The first kappa shape index (κ1) is 14.9. The van der Waals surface area contributed by atoms with E-state index in [1.54, 1.807) is 12.1 Å². The van der Waals surface area contributed by atoms with Crippen LogP contribution in [0.2, 0.25) is 0 Å². The summed E-state index contributed by atoms with van der Waals surface area (Å²) in [6.45, 7) is 2.62. The molecule has 1 aromatic carbocycles. The lowest BCUT2D eigenvalue weighted by atomic mass is 10.1. The topological polar surface area (TPSA) is 41.6 Å². The number of hydrogen-bond donors (Lipinski definition) is 1. The highest BCUT2D eigenvalue weighted by Crippen LogP contribution is 2.19. The van der Waals surface area contributed by atoms with Crippen LogP contribution in [0.5, 0.6) is 0 Å². The zero-order chi connectivity index (χ0) is 14.5. The Balaban J connectivity index is 2.08. The van der Waals surface area contributed by atoms with Crippen LogP contribution in [0.1, 0.15) is 22.3 Å². The van der Waals surface area contributed by atoms with Crippen molar-refractivity contribution in [1.82, 2.24) is 10.2 Å². The molecule has 1 atom stereocenters. The van der Waals surface area contributed by atoms with E-state index in [9.17, 15) is 9.18 Å². The van der Waals surface area contributed by atoms with Crippen molar-refractivity contribution < 1.29 is 13.9 Å². The third kappa shape index (κ3) is 3.35. The number of amides is 1. The Morgan fingerprint density at radius 2 is 2.35 bits per heavy atom. The van der Waals surface area contributed by atoms with E-state index in [0.29, 0.717) is 17.0 Å². The standard InChI is InChI=1S/C15H21FN2O2/c1-17-8-11-5-6-18(9-11)15(19)12-3-4-14(16)13(7-12)10-20-2/h3-4,7,11,17H,5-6,8-10H2,1-2H3/t11-/m0/s1. The number of rotatable bonds is 5. The highest BCUT2D eigenvalue weighted by atomic mass is 19.1. The highest BCUT2D eigenvalue weighted by Gasteiger charge is 2.26. The number of nitrogens with zero attached hydrogens (tertiary/aromatic N) is 1. The zero-order valence-corrected chi connectivity index (χ0v) is 12.0. The monoisotopic (exact) mass is 280 g/mol. The number of hydrogen-bond acceptors (Lipinski definition) is 3. The van der Waals surface area contributed by atoms with Crippen LogP contribution in [0.4, 0.5) is 4.39 Å². The number of methoxy groups -OCH3 is 1. The molecule has 0 bridgehead atoms. The summed E-state index contributed by atoms with van der Waals surface area (Å²) < 4.78 is 18.5. The molecule has 1 amide bonds. The molecule has 5 heteroatoms. The molecule has 110 valence electrons. The molecule has 1 saturated heterocycles. The van der Waals surface area contributed by atoms with Gasteiger partial charge in [0.15, 0.2) is 0 Å². The fourth-order valence-electron chi connectivity index (χ4n) is 2.63. The van der Waals surface area contributed by atoms with Gasteiger partial charge in [-0.25, -0.2) is 4.39 Å². The summed E-state index contributed by atoms with van der Waals surface area (Å²) in [6, 6.07) is 4.47. The minimum atomic E-state index is -0.335. The lowest BCUT2D eigenvalue weighted by Gasteiger charge is -2.17. The molecule has 2 rings (SSSR count). The quantitative estimate of drug-likeness (QED) is 0.892. The molecule has 0 aliphatic carbocycles. The van der Waals surface area contributed by atoms with Crippen molar-refractivity contribution in [3.63, 3.8) is 0 Å². The number of nitrogens with one attached hydrogen (secondary N) is 1. The van der Waals surface area contributed by atoms with Crippen LogP contribution in [-0.4, -0.2) is 44.6 Å². The Hall–Kier alpha value is -1.46. The van der Waals surface area contributed by atoms with Gasteiger partial charge in [-0.05, 0) is 44.1 Å². The van der Waals surface area contributed by atoms with E-state index in [0.717, 1.165) is 26.1 Å². The molecule has 1 aromatic rings. The van der Waals surface area contributed by atoms with Crippen LogP contribution in [0.25, 0.3) is 0 Å². The summed E-state index contributed by atoms with van der Waals surface area (Å²) in [6.07, 6.45) is 1.01. The molecule has 0 saturated carbocycles. The van der Waals surface area contributed by atoms with E-state index in [-0.39, 0.29) is 18.3 Å². The molecular formula is C15H21FN2O2. The van der Waals surface area contributed by atoms with E-state index in [4.69, 9.17) is 4.74 Å². The minimum Gasteiger partial charge on any atom is -0.380 e. The molecule has 0 radical (unpaired) electrons. The summed E-state index contributed by atoms with van der Waals surface area (Å²) in [5, 5.41) is 3.14. The molecule has 4 nitrogen and oxygen atoms in total. The number of halogens is 1. The van der Waals surface area contributed by atoms with Crippen LogP contribution >= 0.6 is 0 Å². The third-order valence-corrected chi connectivity index (χ3v) is 3.66. The van der Waals surface area contributed by atoms with Gasteiger partial charge < -0.3 is 15.0 Å². The predicted octanol–water partition coefficient (Wildman–Crippen LogP) is 1.65. The van der Waals surface area contributed by atoms with E-state index in [1.165, 1.54) is 13.2 Å². The largest absolute Gasteiger partial charge is 0.380 e. The van der Waals surface area contributed by atoms with Gasteiger partial charge in [0.2, 0.25) is 0 Å². The number of benzene rings is 1. The lowest BCUT2D eigenvalue weighted by Crippen LogP contribution is -2.30. The van der Waals surface area contributed by atoms with Crippen LogP contribution in [0.15, 0.2) is 18.2 Å². The maximum Gasteiger partial charge on any atom is 0.253 e. The Labute approximate surface area is 118 Å². The van der Waals surface area contributed by atoms with Crippen molar-refractivity contribution in [1.29, 1.82) is 0 Å². The van der Waals surface area contributed by atoms with Crippen molar-refractivity contribution >= 4 is 5.91 Å². The van der Waals surface area contributed by atoms with E-state index in [2.05, 4.69) is 5.32 Å².